The molecule has 0 aliphatic heterocycles. The fourth-order valence-corrected chi connectivity index (χ4v) is 2.50. The number of nitrogens with two attached hydrogens (primary N) is 1. The number of carbonyl (C=O) groups excluding carboxylic acids is 1. The number of anilines is 1. The van der Waals surface area contributed by atoms with Gasteiger partial charge >= 0.3 is 0 Å². The molecule has 2 aromatic rings. The minimum absolute atomic E-state index is 0.0615. The van der Waals surface area contributed by atoms with Crippen LogP contribution in [0.25, 0.3) is 0 Å². The molecule has 1 amide bonds. The summed E-state index contributed by atoms with van der Waals surface area (Å²) in [5.74, 6) is -0.587. The number of phenolic OH excluding ortho intramolecular Hbond substituents is 1. The zero-order valence-electron chi connectivity index (χ0n) is 12.1. The summed E-state index contributed by atoms with van der Waals surface area (Å²) in [6, 6.07) is 8.88. The van der Waals surface area contributed by atoms with E-state index in [1.807, 2.05) is 6.92 Å². The summed E-state index contributed by atoms with van der Waals surface area (Å²) in [4.78, 5) is 12.2. The highest BCUT2D eigenvalue weighted by atomic mass is 32.2. The smallest absolute Gasteiger partial charge is 0.256 e. The topological polar surface area (TPSA) is 109 Å². The lowest BCUT2D eigenvalue weighted by Gasteiger charge is -2.10. The first kappa shape index (κ1) is 16.0. The van der Waals surface area contributed by atoms with Crippen molar-refractivity contribution in [3.8, 4) is 5.75 Å². The Morgan fingerprint density at radius 1 is 1.14 bits per heavy atom. The van der Waals surface area contributed by atoms with Crippen molar-refractivity contribution in [2.24, 2.45) is 5.14 Å². The zero-order chi connectivity index (χ0) is 16.5. The summed E-state index contributed by atoms with van der Waals surface area (Å²) >= 11 is 0. The number of hydrogen-bond acceptors (Lipinski definition) is 4. The molecule has 0 fully saturated rings. The lowest BCUT2D eigenvalue weighted by atomic mass is 10.1. The van der Waals surface area contributed by atoms with Gasteiger partial charge in [0, 0.05) is 5.56 Å². The number of sulfonamides is 1. The number of phenols is 1. The van der Waals surface area contributed by atoms with Crippen molar-refractivity contribution < 1.29 is 18.3 Å². The number of amides is 1. The predicted molar refractivity (Wildman–Crippen MR) is 83.3 cm³/mol. The second-order valence-corrected chi connectivity index (χ2v) is 6.56. The largest absolute Gasteiger partial charge is 0.506 e. The van der Waals surface area contributed by atoms with Gasteiger partial charge in [-0.1, -0.05) is 12.1 Å². The van der Waals surface area contributed by atoms with Gasteiger partial charge in [0.2, 0.25) is 10.0 Å². The molecule has 0 spiro atoms. The molecule has 0 aromatic heterocycles. The number of benzene rings is 2. The highest BCUT2D eigenvalue weighted by Crippen LogP contribution is 2.25. The maximum Gasteiger partial charge on any atom is 0.256 e. The molecule has 0 atom stereocenters. The van der Waals surface area contributed by atoms with Crippen molar-refractivity contribution in [3.63, 3.8) is 0 Å². The highest BCUT2D eigenvalue weighted by Gasteiger charge is 2.16. The minimum Gasteiger partial charge on any atom is -0.506 e. The molecule has 0 saturated heterocycles. The van der Waals surface area contributed by atoms with Crippen LogP contribution in [0.4, 0.5) is 5.69 Å². The van der Waals surface area contributed by atoms with E-state index in [4.69, 9.17) is 5.14 Å². The Kier molecular flexibility index (Phi) is 4.20. The SMILES string of the molecule is Cc1ccc(NC(=O)c2cc(S(N)(=O)=O)ccc2C)c(O)c1. The number of nitrogens with one attached hydrogen (secondary N) is 1. The Morgan fingerprint density at radius 2 is 1.82 bits per heavy atom. The van der Waals surface area contributed by atoms with Crippen molar-refractivity contribution in [3.05, 3.63) is 53.1 Å². The second-order valence-electron chi connectivity index (χ2n) is 5.00. The zero-order valence-corrected chi connectivity index (χ0v) is 12.9. The Hall–Kier alpha value is -2.38. The maximum absolute atomic E-state index is 12.3. The van der Waals surface area contributed by atoms with Crippen LogP contribution >= 0.6 is 0 Å². The van der Waals surface area contributed by atoms with Gasteiger partial charge in [0.15, 0.2) is 0 Å². The number of aromatic hydroxyl groups is 1. The van der Waals surface area contributed by atoms with Crippen molar-refractivity contribution in [1.29, 1.82) is 0 Å². The third-order valence-corrected chi connectivity index (χ3v) is 4.09. The van der Waals surface area contributed by atoms with Gasteiger partial charge in [-0.05, 0) is 49.2 Å². The Bertz CT molecular complexity index is 845. The summed E-state index contributed by atoms with van der Waals surface area (Å²) in [5.41, 5.74) is 1.86. The highest BCUT2D eigenvalue weighted by molar-refractivity contribution is 7.89. The normalized spacial score (nSPS) is 11.2. The summed E-state index contributed by atoms with van der Waals surface area (Å²) < 4.78 is 22.7. The van der Waals surface area contributed by atoms with Gasteiger partial charge in [-0.15, -0.1) is 0 Å². The number of aryl methyl sites for hydroxylation is 2. The first-order valence-corrected chi connectivity index (χ1v) is 7.97. The molecule has 0 unspecified atom stereocenters. The van der Waals surface area contributed by atoms with Crippen molar-refractivity contribution in [2.75, 3.05) is 5.32 Å². The van der Waals surface area contributed by atoms with Crippen molar-refractivity contribution in [1.82, 2.24) is 0 Å². The van der Waals surface area contributed by atoms with Gasteiger partial charge in [-0.25, -0.2) is 13.6 Å². The van der Waals surface area contributed by atoms with Gasteiger partial charge in [-0.3, -0.25) is 4.79 Å². The molecule has 0 bridgehead atoms. The molecule has 7 heteroatoms. The van der Waals surface area contributed by atoms with E-state index in [0.29, 0.717) is 5.56 Å². The van der Waals surface area contributed by atoms with E-state index in [1.165, 1.54) is 24.3 Å². The first-order valence-electron chi connectivity index (χ1n) is 6.43. The molecule has 0 radical (unpaired) electrons. The molecule has 0 heterocycles. The van der Waals surface area contributed by atoms with Gasteiger partial charge < -0.3 is 10.4 Å². The van der Waals surface area contributed by atoms with E-state index < -0.39 is 15.9 Å². The predicted octanol–water partition coefficient (Wildman–Crippen LogP) is 1.91. The van der Waals surface area contributed by atoms with Crippen LogP contribution in [0.2, 0.25) is 0 Å². The van der Waals surface area contributed by atoms with E-state index in [9.17, 15) is 18.3 Å². The van der Waals surface area contributed by atoms with Crippen molar-refractivity contribution >= 4 is 21.6 Å². The average Bonchev–Trinajstić information content (AvgIpc) is 2.41. The molecule has 116 valence electrons. The van der Waals surface area contributed by atoms with Gasteiger partial charge in [0.25, 0.3) is 5.91 Å². The Morgan fingerprint density at radius 3 is 2.41 bits per heavy atom. The third kappa shape index (κ3) is 3.44. The van der Waals surface area contributed by atoms with Crippen LogP contribution in [0.5, 0.6) is 5.75 Å². The van der Waals surface area contributed by atoms with E-state index in [1.54, 1.807) is 19.1 Å². The van der Waals surface area contributed by atoms with E-state index in [0.717, 1.165) is 5.56 Å². The van der Waals surface area contributed by atoms with Crippen LogP contribution in [0.1, 0.15) is 21.5 Å². The lowest BCUT2D eigenvalue weighted by Crippen LogP contribution is -2.17. The molecule has 0 saturated carbocycles. The minimum atomic E-state index is -3.89. The van der Waals surface area contributed by atoms with Gasteiger partial charge in [0.05, 0.1) is 10.6 Å². The van der Waals surface area contributed by atoms with Gasteiger partial charge in [0.1, 0.15) is 5.75 Å². The average molecular weight is 320 g/mol. The third-order valence-electron chi connectivity index (χ3n) is 3.18. The molecule has 6 nitrogen and oxygen atoms in total. The van der Waals surface area contributed by atoms with E-state index in [2.05, 4.69) is 5.32 Å². The fourth-order valence-electron chi connectivity index (χ4n) is 1.96. The lowest BCUT2D eigenvalue weighted by molar-refractivity contribution is 0.102. The molecule has 2 aromatic carbocycles. The molecule has 0 aliphatic rings. The molecule has 0 aliphatic carbocycles. The summed E-state index contributed by atoms with van der Waals surface area (Å²) in [6.07, 6.45) is 0. The monoisotopic (exact) mass is 320 g/mol. The number of hydrogen-bond donors (Lipinski definition) is 3. The van der Waals surface area contributed by atoms with Crippen molar-refractivity contribution in [2.45, 2.75) is 18.7 Å². The van der Waals surface area contributed by atoms with Crippen LogP contribution in [0.15, 0.2) is 41.3 Å². The quantitative estimate of drug-likeness (QED) is 0.750. The maximum atomic E-state index is 12.3. The second kappa shape index (κ2) is 5.78. The molecule has 4 N–H and O–H groups in total. The van der Waals surface area contributed by atoms with E-state index in [-0.39, 0.29) is 21.9 Å². The Balaban J connectivity index is 2.37. The van der Waals surface area contributed by atoms with Gasteiger partial charge in [-0.2, -0.15) is 0 Å². The fraction of sp³-hybridized carbons (Fsp3) is 0.133. The number of carbonyl (C=O) groups is 1. The van der Waals surface area contributed by atoms with Crippen LogP contribution < -0.4 is 10.5 Å². The van der Waals surface area contributed by atoms with Crippen LogP contribution in [-0.2, 0) is 10.0 Å². The summed E-state index contributed by atoms with van der Waals surface area (Å²) in [5, 5.41) is 17.4. The number of primary sulfonamides is 1. The standard InChI is InChI=1S/C15H16N2O4S/c1-9-3-6-13(14(18)7-9)17-15(19)12-8-11(22(16,20)21)5-4-10(12)2/h3-8,18H,1-2H3,(H,17,19)(H2,16,20,21). The van der Waals surface area contributed by atoms with Crippen LogP contribution in [0.3, 0.4) is 0 Å². The molecular weight excluding hydrogens is 304 g/mol. The summed E-state index contributed by atoms with van der Waals surface area (Å²) in [6.45, 7) is 3.49. The van der Waals surface area contributed by atoms with Crippen LogP contribution in [-0.4, -0.2) is 19.4 Å². The van der Waals surface area contributed by atoms with E-state index >= 15 is 0 Å². The first-order chi connectivity index (χ1) is 10.2. The Labute approximate surface area is 128 Å². The number of rotatable bonds is 3. The summed E-state index contributed by atoms with van der Waals surface area (Å²) in [7, 11) is -3.89. The molecule has 22 heavy (non-hydrogen) atoms. The van der Waals surface area contributed by atoms with Crippen LogP contribution in [0, 0.1) is 13.8 Å². The molecular formula is C15H16N2O4S. The molecule has 2 rings (SSSR count).